The minimum atomic E-state index is 0.107. The Morgan fingerprint density at radius 1 is 1.11 bits per heavy atom. The molecular formula is C23H31ClN2O2. The first-order valence-electron chi connectivity index (χ1n) is 10.9. The van der Waals surface area contributed by atoms with E-state index in [2.05, 4.69) is 22.1 Å². The van der Waals surface area contributed by atoms with Gasteiger partial charge in [0.15, 0.2) is 0 Å². The van der Waals surface area contributed by atoms with E-state index in [1.807, 2.05) is 12.1 Å². The van der Waals surface area contributed by atoms with Gasteiger partial charge in [-0.05, 0) is 30.9 Å². The molecule has 0 spiro atoms. The van der Waals surface area contributed by atoms with E-state index in [9.17, 15) is 4.79 Å². The summed E-state index contributed by atoms with van der Waals surface area (Å²) in [6, 6.07) is 5.96. The third kappa shape index (κ3) is 4.72. The normalized spacial score (nSPS) is 18.8. The van der Waals surface area contributed by atoms with E-state index in [1.54, 1.807) is 0 Å². The van der Waals surface area contributed by atoms with Crippen LogP contribution in [0.2, 0.25) is 5.02 Å². The van der Waals surface area contributed by atoms with Crippen molar-refractivity contribution in [3.05, 3.63) is 29.4 Å². The van der Waals surface area contributed by atoms with Crippen molar-refractivity contribution in [1.29, 1.82) is 0 Å². The van der Waals surface area contributed by atoms with Crippen LogP contribution in [0.5, 0.6) is 0 Å². The molecule has 1 aliphatic heterocycles. The van der Waals surface area contributed by atoms with Gasteiger partial charge in [0.1, 0.15) is 0 Å². The molecule has 2 aliphatic rings. The number of hydrogen-bond acceptors (Lipinski definition) is 2. The van der Waals surface area contributed by atoms with Crippen molar-refractivity contribution in [1.82, 2.24) is 4.57 Å². The van der Waals surface area contributed by atoms with Gasteiger partial charge in [-0.3, -0.25) is 4.79 Å². The fourth-order valence-corrected chi connectivity index (χ4v) is 4.83. The van der Waals surface area contributed by atoms with Gasteiger partial charge in [-0.1, -0.05) is 56.2 Å². The van der Waals surface area contributed by atoms with E-state index in [0.717, 1.165) is 49.2 Å². The molecule has 0 atom stereocenters. The first kappa shape index (κ1) is 19.8. The van der Waals surface area contributed by atoms with Crippen LogP contribution in [0.15, 0.2) is 24.4 Å². The van der Waals surface area contributed by atoms with Crippen LogP contribution >= 0.6 is 11.6 Å². The van der Waals surface area contributed by atoms with Crippen molar-refractivity contribution in [3.8, 4) is 0 Å². The molecule has 0 unspecified atom stereocenters. The summed E-state index contributed by atoms with van der Waals surface area (Å²) in [5.41, 5.74) is 1.93. The molecule has 1 amide bonds. The van der Waals surface area contributed by atoms with Crippen LogP contribution in [0.3, 0.4) is 0 Å². The molecule has 5 heteroatoms. The molecule has 1 aliphatic carbocycles. The van der Waals surface area contributed by atoms with Crippen LogP contribution in [-0.4, -0.2) is 23.7 Å². The van der Waals surface area contributed by atoms with Gasteiger partial charge in [0.25, 0.3) is 0 Å². The molecule has 1 aromatic carbocycles. The molecule has 4 nitrogen and oxygen atoms in total. The van der Waals surface area contributed by atoms with Gasteiger partial charge in [-0.25, -0.2) is 0 Å². The fraction of sp³-hybridized carbons (Fsp3) is 0.609. The van der Waals surface area contributed by atoms with E-state index in [4.69, 9.17) is 16.3 Å². The Morgan fingerprint density at radius 2 is 1.89 bits per heavy atom. The fourth-order valence-electron chi connectivity index (χ4n) is 4.56. The van der Waals surface area contributed by atoms with Crippen LogP contribution in [0, 0.1) is 11.8 Å². The maximum absolute atomic E-state index is 12.6. The van der Waals surface area contributed by atoms with Gasteiger partial charge in [-0.15, -0.1) is 0 Å². The maximum atomic E-state index is 12.6. The van der Waals surface area contributed by atoms with Gasteiger partial charge in [0.2, 0.25) is 5.91 Å². The predicted molar refractivity (Wildman–Crippen MR) is 115 cm³/mol. The second kappa shape index (κ2) is 9.32. The number of halogens is 1. The van der Waals surface area contributed by atoms with E-state index in [0.29, 0.717) is 23.3 Å². The zero-order valence-corrected chi connectivity index (χ0v) is 17.3. The summed E-state index contributed by atoms with van der Waals surface area (Å²) in [6.07, 6.45) is 12.7. The number of rotatable bonds is 7. The molecule has 152 valence electrons. The van der Waals surface area contributed by atoms with Crippen LogP contribution in [-0.2, 0) is 16.1 Å². The van der Waals surface area contributed by atoms with E-state index < -0.39 is 0 Å². The Bertz CT molecular complexity index is 804. The van der Waals surface area contributed by atoms with E-state index in [1.165, 1.54) is 38.5 Å². The number of carbonyl (C=O) groups is 1. The molecule has 2 fully saturated rings. The van der Waals surface area contributed by atoms with Crippen molar-refractivity contribution < 1.29 is 9.53 Å². The van der Waals surface area contributed by atoms with Crippen molar-refractivity contribution in [2.75, 3.05) is 18.5 Å². The summed E-state index contributed by atoms with van der Waals surface area (Å²) in [5.74, 6) is 1.47. The second-order valence-electron chi connectivity index (χ2n) is 8.51. The molecule has 0 bridgehead atoms. The highest BCUT2D eigenvalue weighted by Crippen LogP contribution is 2.33. The molecule has 1 saturated carbocycles. The predicted octanol–water partition coefficient (Wildman–Crippen LogP) is 6.02. The van der Waals surface area contributed by atoms with Crippen LogP contribution in [0.1, 0.15) is 57.8 Å². The minimum Gasteiger partial charge on any atom is -0.381 e. The maximum Gasteiger partial charge on any atom is 0.224 e. The van der Waals surface area contributed by atoms with Crippen molar-refractivity contribution >= 4 is 34.1 Å². The van der Waals surface area contributed by atoms with Gasteiger partial charge < -0.3 is 14.6 Å². The quantitative estimate of drug-likeness (QED) is 0.575. The van der Waals surface area contributed by atoms with Gasteiger partial charge >= 0.3 is 0 Å². The van der Waals surface area contributed by atoms with Crippen molar-refractivity contribution in [3.63, 3.8) is 0 Å². The first-order chi connectivity index (χ1) is 13.7. The number of hydrogen-bond donors (Lipinski definition) is 1. The summed E-state index contributed by atoms with van der Waals surface area (Å²) < 4.78 is 7.51. The Balaban J connectivity index is 1.42. The molecule has 1 N–H and O–H groups in total. The number of benzene rings is 1. The number of amides is 1. The molecule has 1 aromatic heterocycles. The number of aromatic nitrogens is 1. The van der Waals surface area contributed by atoms with E-state index in [-0.39, 0.29) is 5.91 Å². The lowest BCUT2D eigenvalue weighted by Crippen LogP contribution is -2.28. The Hall–Kier alpha value is -1.52. The number of carbonyl (C=O) groups excluding carboxylic acids is 1. The third-order valence-electron chi connectivity index (χ3n) is 6.37. The standard InChI is InChI=1S/C23H31ClN2O2/c24-19-8-5-9-21-23(19)20(14-26(21)13-12-18-15-28-16-18)25-22(27)11-10-17-6-3-1-2-4-7-17/h5,8-9,14,17-18H,1-4,6-7,10-13,15-16H2,(H,25,27). The molecule has 28 heavy (non-hydrogen) atoms. The number of nitrogens with zero attached hydrogens (tertiary/aromatic N) is 1. The highest BCUT2D eigenvalue weighted by Gasteiger charge is 2.20. The minimum absolute atomic E-state index is 0.107. The summed E-state index contributed by atoms with van der Waals surface area (Å²) in [5, 5.41) is 4.80. The highest BCUT2D eigenvalue weighted by molar-refractivity contribution is 6.36. The summed E-state index contributed by atoms with van der Waals surface area (Å²) in [6.45, 7) is 2.65. The number of nitrogens with one attached hydrogen (secondary N) is 1. The van der Waals surface area contributed by atoms with Gasteiger partial charge in [0.05, 0.1) is 29.4 Å². The lowest BCUT2D eigenvalue weighted by atomic mass is 9.95. The summed E-state index contributed by atoms with van der Waals surface area (Å²) in [4.78, 5) is 12.6. The molecular weight excluding hydrogens is 372 g/mol. The van der Waals surface area contributed by atoms with Crippen LogP contribution in [0.25, 0.3) is 10.9 Å². The number of ether oxygens (including phenoxy) is 1. The Morgan fingerprint density at radius 3 is 2.61 bits per heavy atom. The average Bonchev–Trinajstić information content (AvgIpc) is 2.82. The SMILES string of the molecule is O=C(CCC1CCCCCC1)Nc1cn(CCC2COC2)c2cccc(Cl)c12. The van der Waals surface area contributed by atoms with Crippen molar-refractivity contribution in [2.24, 2.45) is 11.8 Å². The first-order valence-corrected chi connectivity index (χ1v) is 11.2. The molecule has 4 rings (SSSR count). The van der Waals surface area contributed by atoms with E-state index >= 15 is 0 Å². The van der Waals surface area contributed by atoms with Gasteiger partial charge in [-0.2, -0.15) is 0 Å². The number of anilines is 1. The Labute approximate surface area is 172 Å². The number of fused-ring (bicyclic) bond motifs is 1. The van der Waals surface area contributed by atoms with Crippen molar-refractivity contribution in [2.45, 2.75) is 64.3 Å². The highest BCUT2D eigenvalue weighted by atomic mass is 35.5. The smallest absolute Gasteiger partial charge is 0.224 e. The topological polar surface area (TPSA) is 43.3 Å². The second-order valence-corrected chi connectivity index (χ2v) is 8.91. The molecule has 1 saturated heterocycles. The molecule has 0 radical (unpaired) electrons. The molecule has 2 aromatic rings. The monoisotopic (exact) mass is 402 g/mol. The molecule has 2 heterocycles. The third-order valence-corrected chi connectivity index (χ3v) is 6.68. The van der Waals surface area contributed by atoms with Gasteiger partial charge in [0, 0.05) is 30.5 Å². The average molecular weight is 403 g/mol. The van der Waals surface area contributed by atoms with Crippen LogP contribution in [0.4, 0.5) is 5.69 Å². The lowest BCUT2D eigenvalue weighted by molar-refractivity contribution is -0.116. The number of aryl methyl sites for hydroxylation is 1. The summed E-state index contributed by atoms with van der Waals surface area (Å²) >= 11 is 6.49. The lowest BCUT2D eigenvalue weighted by Gasteiger charge is -2.26. The zero-order chi connectivity index (χ0) is 19.3. The Kier molecular flexibility index (Phi) is 6.58. The largest absolute Gasteiger partial charge is 0.381 e. The zero-order valence-electron chi connectivity index (χ0n) is 16.6. The van der Waals surface area contributed by atoms with Crippen LogP contribution < -0.4 is 5.32 Å². The summed E-state index contributed by atoms with van der Waals surface area (Å²) in [7, 11) is 0.